The number of rotatable bonds is 4. The third kappa shape index (κ3) is 6.23. The Labute approximate surface area is 164 Å². The number of esters is 1. The summed E-state index contributed by atoms with van der Waals surface area (Å²) in [5.74, 6) is -3.06. The van der Waals surface area contributed by atoms with Crippen LogP contribution in [0.25, 0.3) is 0 Å². The molecule has 0 aromatic heterocycles. The average molecular weight is 676 g/mol. The van der Waals surface area contributed by atoms with Crippen LogP contribution in [-0.4, -0.2) is 37.0 Å². The van der Waals surface area contributed by atoms with Crippen molar-refractivity contribution in [1.82, 2.24) is 0 Å². The molecule has 0 saturated carbocycles. The first-order chi connectivity index (χ1) is 9.81. The first kappa shape index (κ1) is 20.6. The van der Waals surface area contributed by atoms with Crippen LogP contribution in [-0.2, 0) is 14.9 Å². The van der Waals surface area contributed by atoms with E-state index in [2.05, 4.69) is 4.74 Å². The van der Waals surface area contributed by atoms with E-state index in [4.69, 9.17) is 4.55 Å². The van der Waals surface area contributed by atoms with Crippen molar-refractivity contribution in [2.24, 2.45) is 0 Å². The summed E-state index contributed by atoms with van der Waals surface area (Å²) in [5.41, 5.74) is -0.0915. The summed E-state index contributed by atoms with van der Waals surface area (Å²) in [6, 6.07) is 3.12. The minimum atomic E-state index is -5.12. The summed E-state index contributed by atoms with van der Waals surface area (Å²) in [7, 11) is -4.96. The predicted molar refractivity (Wildman–Crippen MR) is 96.3 cm³/mol. The summed E-state index contributed by atoms with van der Waals surface area (Å²) in [5, 5.41) is 0. The van der Waals surface area contributed by atoms with Crippen LogP contribution in [0.4, 0.5) is 13.2 Å². The molecule has 1 aromatic rings. The molecule has 0 saturated heterocycles. The van der Waals surface area contributed by atoms with Gasteiger partial charge in [-0.3, -0.25) is 4.55 Å². The fourth-order valence-electron chi connectivity index (χ4n) is 1.31. The standard InChI is InChI=1S/C10H6F3I3O5S/c11-10(12,13)7(3-22(18,19)20)21-9(17)8-5(15)1-4(14)2-6(8)16/h1-2,7H,3H2,(H,18,19,20). The molecule has 124 valence electrons. The van der Waals surface area contributed by atoms with Crippen LogP contribution in [0.15, 0.2) is 12.1 Å². The van der Waals surface area contributed by atoms with Gasteiger partial charge < -0.3 is 4.74 Å². The molecule has 0 aliphatic rings. The Balaban J connectivity index is 3.12. The molecule has 0 heterocycles. The maximum Gasteiger partial charge on any atom is 0.426 e. The maximum atomic E-state index is 12.7. The molecule has 1 rings (SSSR count). The van der Waals surface area contributed by atoms with E-state index in [1.54, 1.807) is 57.3 Å². The summed E-state index contributed by atoms with van der Waals surface area (Å²) >= 11 is 5.50. The highest BCUT2D eigenvalue weighted by Crippen LogP contribution is 2.28. The van der Waals surface area contributed by atoms with Gasteiger partial charge in [0.1, 0.15) is 5.75 Å². The van der Waals surface area contributed by atoms with E-state index >= 15 is 0 Å². The van der Waals surface area contributed by atoms with E-state index in [1.165, 1.54) is 0 Å². The lowest BCUT2D eigenvalue weighted by molar-refractivity contribution is -0.197. The summed E-state index contributed by atoms with van der Waals surface area (Å²) in [6.07, 6.45) is -8.06. The molecule has 12 heteroatoms. The molecule has 1 N–H and O–H groups in total. The quantitative estimate of drug-likeness (QED) is 0.301. The molecule has 0 fully saturated rings. The van der Waals surface area contributed by atoms with Crippen molar-refractivity contribution in [1.29, 1.82) is 0 Å². The van der Waals surface area contributed by atoms with Gasteiger partial charge in [0.05, 0.1) is 5.56 Å². The number of hydrogen-bond acceptors (Lipinski definition) is 4. The summed E-state index contributed by atoms with van der Waals surface area (Å²) in [6.45, 7) is 0. The Hall–Kier alpha value is 0.580. The Bertz CT molecular complexity index is 667. The lowest BCUT2D eigenvalue weighted by atomic mass is 10.2. The van der Waals surface area contributed by atoms with E-state index in [0.29, 0.717) is 7.14 Å². The Morgan fingerprint density at radius 1 is 1.23 bits per heavy atom. The van der Waals surface area contributed by atoms with Crippen LogP contribution < -0.4 is 0 Å². The van der Waals surface area contributed by atoms with Crippen LogP contribution in [0.2, 0.25) is 0 Å². The zero-order valence-electron chi connectivity index (χ0n) is 10.2. The second kappa shape index (κ2) is 7.64. The molecule has 0 bridgehead atoms. The number of halogens is 6. The minimum absolute atomic E-state index is 0.0915. The van der Waals surface area contributed by atoms with Crippen molar-refractivity contribution in [3.8, 4) is 0 Å². The molecule has 0 aliphatic heterocycles. The average Bonchev–Trinajstić information content (AvgIpc) is 2.22. The normalized spacial score (nSPS) is 13.8. The lowest BCUT2D eigenvalue weighted by Crippen LogP contribution is -2.39. The van der Waals surface area contributed by atoms with Gasteiger partial charge in [0.2, 0.25) is 6.10 Å². The molecule has 1 atom stereocenters. The van der Waals surface area contributed by atoms with Gasteiger partial charge in [-0.05, 0) is 79.9 Å². The number of benzene rings is 1. The van der Waals surface area contributed by atoms with Crippen molar-refractivity contribution < 1.29 is 35.7 Å². The van der Waals surface area contributed by atoms with Crippen molar-refractivity contribution >= 4 is 83.9 Å². The molecular formula is C10H6F3I3O5S. The first-order valence-corrected chi connectivity index (χ1v) is 10.0. The zero-order valence-corrected chi connectivity index (χ0v) is 17.5. The Morgan fingerprint density at radius 3 is 2.05 bits per heavy atom. The molecule has 1 aromatic carbocycles. The van der Waals surface area contributed by atoms with Gasteiger partial charge in [0.15, 0.2) is 0 Å². The minimum Gasteiger partial charge on any atom is -0.448 e. The third-order valence-corrected chi connectivity index (χ3v) is 5.24. The number of carbonyl (C=O) groups is 1. The Kier molecular flexibility index (Phi) is 7.17. The molecule has 5 nitrogen and oxygen atoms in total. The topological polar surface area (TPSA) is 80.7 Å². The van der Waals surface area contributed by atoms with E-state index in [9.17, 15) is 26.4 Å². The van der Waals surface area contributed by atoms with Gasteiger partial charge >= 0.3 is 12.1 Å². The smallest absolute Gasteiger partial charge is 0.426 e. The molecular weight excluding hydrogens is 670 g/mol. The molecule has 1 unspecified atom stereocenters. The SMILES string of the molecule is O=C(OC(CS(=O)(=O)O)C(F)(F)F)c1c(I)cc(I)cc1I. The largest absolute Gasteiger partial charge is 0.448 e. The fourth-order valence-corrected chi connectivity index (χ4v) is 5.97. The molecule has 0 aliphatic carbocycles. The van der Waals surface area contributed by atoms with Gasteiger partial charge in [0, 0.05) is 10.7 Å². The third-order valence-electron chi connectivity index (χ3n) is 2.19. The van der Waals surface area contributed by atoms with E-state index < -0.39 is 34.1 Å². The molecule has 22 heavy (non-hydrogen) atoms. The van der Waals surface area contributed by atoms with Crippen LogP contribution in [0.3, 0.4) is 0 Å². The van der Waals surface area contributed by atoms with Crippen LogP contribution in [0, 0.1) is 10.7 Å². The highest BCUT2D eigenvalue weighted by atomic mass is 127. The van der Waals surface area contributed by atoms with Gasteiger partial charge in [-0.1, -0.05) is 0 Å². The van der Waals surface area contributed by atoms with Gasteiger partial charge in [-0.25, -0.2) is 4.79 Å². The lowest BCUT2D eigenvalue weighted by Gasteiger charge is -2.20. The Morgan fingerprint density at radius 2 is 1.68 bits per heavy atom. The molecule has 0 amide bonds. The van der Waals surface area contributed by atoms with Crippen molar-refractivity contribution in [2.75, 3.05) is 5.75 Å². The van der Waals surface area contributed by atoms with Crippen LogP contribution >= 0.6 is 67.8 Å². The molecule has 0 radical (unpaired) electrons. The first-order valence-electron chi connectivity index (χ1n) is 5.18. The maximum absolute atomic E-state index is 12.7. The fraction of sp³-hybridized carbons (Fsp3) is 0.300. The number of hydrogen-bond donors (Lipinski definition) is 1. The summed E-state index contributed by atoms with van der Waals surface area (Å²) in [4.78, 5) is 11.9. The second-order valence-electron chi connectivity index (χ2n) is 3.93. The van der Waals surface area contributed by atoms with Gasteiger partial charge in [-0.2, -0.15) is 21.6 Å². The van der Waals surface area contributed by atoms with Gasteiger partial charge in [-0.15, -0.1) is 0 Å². The van der Waals surface area contributed by atoms with Crippen molar-refractivity contribution in [2.45, 2.75) is 12.3 Å². The second-order valence-corrected chi connectivity index (χ2v) is 9.00. The predicted octanol–water partition coefficient (Wildman–Crippen LogP) is 3.48. The zero-order chi connectivity index (χ0) is 17.3. The van der Waals surface area contributed by atoms with Crippen molar-refractivity contribution in [3.05, 3.63) is 28.4 Å². The van der Waals surface area contributed by atoms with E-state index in [1.807, 2.05) is 22.6 Å². The molecule has 0 spiro atoms. The summed E-state index contributed by atoms with van der Waals surface area (Å²) < 4.78 is 73.8. The van der Waals surface area contributed by atoms with Crippen molar-refractivity contribution in [3.63, 3.8) is 0 Å². The van der Waals surface area contributed by atoms with Crippen LogP contribution in [0.1, 0.15) is 10.4 Å². The van der Waals surface area contributed by atoms with Gasteiger partial charge in [0.25, 0.3) is 10.1 Å². The van der Waals surface area contributed by atoms with E-state index in [-0.39, 0.29) is 5.56 Å². The number of carbonyl (C=O) groups excluding carboxylic acids is 1. The van der Waals surface area contributed by atoms with E-state index in [0.717, 1.165) is 3.57 Å². The number of alkyl halides is 3. The highest BCUT2D eigenvalue weighted by Gasteiger charge is 2.45. The monoisotopic (exact) mass is 676 g/mol. The van der Waals surface area contributed by atoms with Crippen LogP contribution in [0.5, 0.6) is 0 Å². The highest BCUT2D eigenvalue weighted by molar-refractivity contribution is 14.1. The number of ether oxygens (including phenoxy) is 1.